The standard InChI is InChI=1S/C10H6O5/c11-5-8-6(1-3-14-8)9-7(10(12)13)2-4-15-9/h1-5H,(H,12,13). The Morgan fingerprint density at radius 3 is 2.67 bits per heavy atom. The van der Waals surface area contributed by atoms with Crippen molar-refractivity contribution >= 4 is 12.3 Å². The van der Waals surface area contributed by atoms with Crippen LogP contribution in [0.15, 0.2) is 33.5 Å². The molecule has 2 rings (SSSR count). The molecule has 0 fully saturated rings. The van der Waals surface area contributed by atoms with Crippen molar-refractivity contribution in [3.8, 4) is 11.3 Å². The van der Waals surface area contributed by atoms with Gasteiger partial charge in [0.15, 0.2) is 17.8 Å². The summed E-state index contributed by atoms with van der Waals surface area (Å²) in [5.41, 5.74) is 0.340. The monoisotopic (exact) mass is 206 g/mol. The molecular formula is C10H6O5. The summed E-state index contributed by atoms with van der Waals surface area (Å²) in [5.74, 6) is -0.942. The van der Waals surface area contributed by atoms with E-state index in [0.29, 0.717) is 11.8 Å². The summed E-state index contributed by atoms with van der Waals surface area (Å²) in [6.45, 7) is 0. The van der Waals surface area contributed by atoms with E-state index in [-0.39, 0.29) is 17.1 Å². The van der Waals surface area contributed by atoms with Gasteiger partial charge in [-0.25, -0.2) is 4.79 Å². The molecule has 0 aliphatic carbocycles. The fourth-order valence-electron chi connectivity index (χ4n) is 1.29. The van der Waals surface area contributed by atoms with Crippen LogP contribution >= 0.6 is 0 Å². The molecule has 0 aliphatic rings. The topological polar surface area (TPSA) is 80.7 Å². The first-order valence-corrected chi connectivity index (χ1v) is 4.08. The van der Waals surface area contributed by atoms with Gasteiger partial charge in [0.1, 0.15) is 5.56 Å². The Morgan fingerprint density at radius 1 is 1.27 bits per heavy atom. The number of hydrogen-bond donors (Lipinski definition) is 1. The maximum absolute atomic E-state index is 10.8. The molecule has 76 valence electrons. The van der Waals surface area contributed by atoms with Crippen LogP contribution < -0.4 is 0 Å². The van der Waals surface area contributed by atoms with Gasteiger partial charge >= 0.3 is 5.97 Å². The Hall–Kier alpha value is -2.30. The van der Waals surface area contributed by atoms with Crippen LogP contribution in [0, 0.1) is 0 Å². The van der Waals surface area contributed by atoms with Crippen LogP contribution in [0.3, 0.4) is 0 Å². The van der Waals surface area contributed by atoms with E-state index in [0.717, 1.165) is 0 Å². The van der Waals surface area contributed by atoms with Crippen LogP contribution in [-0.4, -0.2) is 17.4 Å². The fraction of sp³-hybridized carbons (Fsp3) is 0. The average molecular weight is 206 g/mol. The summed E-state index contributed by atoms with van der Waals surface area (Å²) in [4.78, 5) is 21.4. The van der Waals surface area contributed by atoms with Crippen LogP contribution in [0.2, 0.25) is 0 Å². The molecule has 0 saturated carbocycles. The lowest BCUT2D eigenvalue weighted by atomic mass is 10.1. The van der Waals surface area contributed by atoms with Crippen molar-refractivity contribution < 1.29 is 23.5 Å². The molecule has 0 spiro atoms. The Kier molecular flexibility index (Phi) is 2.13. The maximum Gasteiger partial charge on any atom is 0.339 e. The molecule has 0 saturated heterocycles. The Labute approximate surface area is 83.9 Å². The van der Waals surface area contributed by atoms with E-state index < -0.39 is 5.97 Å². The second kappa shape index (κ2) is 3.45. The number of furan rings is 2. The van der Waals surface area contributed by atoms with Crippen molar-refractivity contribution in [2.24, 2.45) is 0 Å². The van der Waals surface area contributed by atoms with E-state index in [4.69, 9.17) is 13.9 Å². The summed E-state index contributed by atoms with van der Waals surface area (Å²) in [6.07, 6.45) is 3.05. The van der Waals surface area contributed by atoms with Crippen LogP contribution in [-0.2, 0) is 0 Å². The van der Waals surface area contributed by atoms with Crippen molar-refractivity contribution in [3.05, 3.63) is 36.0 Å². The molecule has 0 aliphatic heterocycles. The molecule has 2 aromatic heterocycles. The molecule has 2 heterocycles. The summed E-state index contributed by atoms with van der Waals surface area (Å²) < 4.78 is 9.86. The third-order valence-electron chi connectivity index (χ3n) is 1.94. The first kappa shape index (κ1) is 9.26. The second-order valence-electron chi connectivity index (χ2n) is 2.78. The average Bonchev–Trinajstić information content (AvgIpc) is 2.85. The number of aromatic carboxylic acids is 1. The van der Waals surface area contributed by atoms with Gasteiger partial charge in [-0.2, -0.15) is 0 Å². The highest BCUT2D eigenvalue weighted by molar-refractivity contribution is 5.96. The lowest BCUT2D eigenvalue weighted by molar-refractivity contribution is 0.0697. The zero-order chi connectivity index (χ0) is 10.8. The Bertz CT molecular complexity index is 505. The fourth-order valence-corrected chi connectivity index (χ4v) is 1.29. The minimum absolute atomic E-state index is 0.000463. The van der Waals surface area contributed by atoms with E-state index in [2.05, 4.69) is 0 Å². The Morgan fingerprint density at radius 2 is 2.00 bits per heavy atom. The zero-order valence-electron chi connectivity index (χ0n) is 7.47. The van der Waals surface area contributed by atoms with E-state index >= 15 is 0 Å². The van der Waals surface area contributed by atoms with Crippen molar-refractivity contribution in [2.45, 2.75) is 0 Å². The van der Waals surface area contributed by atoms with Gasteiger partial charge < -0.3 is 13.9 Å². The van der Waals surface area contributed by atoms with Crippen LogP contribution in [0.5, 0.6) is 0 Å². The SMILES string of the molecule is O=Cc1occc1-c1occc1C(=O)O. The predicted molar refractivity (Wildman–Crippen MR) is 48.8 cm³/mol. The number of carboxylic acids is 1. The zero-order valence-corrected chi connectivity index (χ0v) is 7.47. The first-order chi connectivity index (χ1) is 7.24. The molecular weight excluding hydrogens is 200 g/mol. The van der Waals surface area contributed by atoms with Crippen molar-refractivity contribution in [2.75, 3.05) is 0 Å². The third-order valence-corrected chi connectivity index (χ3v) is 1.94. The van der Waals surface area contributed by atoms with E-state index in [1.165, 1.54) is 24.7 Å². The molecule has 0 amide bonds. The summed E-state index contributed by atoms with van der Waals surface area (Å²) >= 11 is 0. The number of carboxylic acid groups (broad SMARTS) is 1. The van der Waals surface area contributed by atoms with E-state index in [1.54, 1.807) is 0 Å². The van der Waals surface area contributed by atoms with Crippen LogP contribution in [0.25, 0.3) is 11.3 Å². The maximum atomic E-state index is 10.8. The molecule has 0 atom stereocenters. The molecule has 15 heavy (non-hydrogen) atoms. The molecule has 0 bridgehead atoms. The molecule has 5 heteroatoms. The number of carbonyl (C=O) groups excluding carboxylic acids is 1. The minimum Gasteiger partial charge on any atom is -0.478 e. The van der Waals surface area contributed by atoms with Crippen LogP contribution in [0.4, 0.5) is 0 Å². The highest BCUT2D eigenvalue weighted by atomic mass is 16.4. The lowest BCUT2D eigenvalue weighted by Gasteiger charge is -1.95. The summed E-state index contributed by atoms with van der Waals surface area (Å²) in [5, 5.41) is 8.84. The van der Waals surface area contributed by atoms with Crippen molar-refractivity contribution in [1.82, 2.24) is 0 Å². The van der Waals surface area contributed by atoms with Gasteiger partial charge in [-0.15, -0.1) is 0 Å². The van der Waals surface area contributed by atoms with E-state index in [1.807, 2.05) is 0 Å². The highest BCUT2D eigenvalue weighted by Crippen LogP contribution is 2.28. The minimum atomic E-state index is -1.11. The molecule has 1 N–H and O–H groups in total. The Balaban J connectivity index is 2.58. The normalized spacial score (nSPS) is 10.1. The summed E-state index contributed by atoms with van der Waals surface area (Å²) in [7, 11) is 0. The van der Waals surface area contributed by atoms with Crippen LogP contribution in [0.1, 0.15) is 20.9 Å². The predicted octanol–water partition coefficient (Wildman–Crippen LogP) is 2.05. The number of rotatable bonds is 3. The molecule has 0 unspecified atom stereocenters. The summed E-state index contributed by atoms with van der Waals surface area (Å²) in [6, 6.07) is 2.80. The van der Waals surface area contributed by atoms with Gasteiger partial charge in [0.05, 0.1) is 18.1 Å². The van der Waals surface area contributed by atoms with Gasteiger partial charge in [0.25, 0.3) is 0 Å². The lowest BCUT2D eigenvalue weighted by Crippen LogP contribution is -1.96. The molecule has 0 aromatic carbocycles. The number of carbonyl (C=O) groups is 2. The van der Waals surface area contributed by atoms with Gasteiger partial charge in [0, 0.05) is 0 Å². The quantitative estimate of drug-likeness (QED) is 0.777. The van der Waals surface area contributed by atoms with Gasteiger partial charge in [0.2, 0.25) is 0 Å². The number of aldehydes is 1. The highest BCUT2D eigenvalue weighted by Gasteiger charge is 2.19. The molecule has 5 nitrogen and oxygen atoms in total. The van der Waals surface area contributed by atoms with Gasteiger partial charge in [-0.1, -0.05) is 0 Å². The number of hydrogen-bond acceptors (Lipinski definition) is 4. The second-order valence-corrected chi connectivity index (χ2v) is 2.78. The first-order valence-electron chi connectivity index (χ1n) is 4.08. The third kappa shape index (κ3) is 1.43. The van der Waals surface area contributed by atoms with Gasteiger partial charge in [-0.3, -0.25) is 4.79 Å². The van der Waals surface area contributed by atoms with Gasteiger partial charge in [-0.05, 0) is 12.1 Å². The smallest absolute Gasteiger partial charge is 0.339 e. The molecule has 0 radical (unpaired) electrons. The largest absolute Gasteiger partial charge is 0.478 e. The van der Waals surface area contributed by atoms with E-state index in [9.17, 15) is 9.59 Å². The van der Waals surface area contributed by atoms with Crippen molar-refractivity contribution in [3.63, 3.8) is 0 Å². The van der Waals surface area contributed by atoms with Crippen molar-refractivity contribution in [1.29, 1.82) is 0 Å². The molecule has 2 aromatic rings.